The second-order valence-corrected chi connectivity index (χ2v) is 15.8. The number of nitrogens with one attached hydrogen (secondary N) is 7. The number of hydrogen-bond acceptors (Lipinski definition) is 14. The molecule has 0 fully saturated rings. The molecule has 7 amide bonds. The van der Waals surface area contributed by atoms with Gasteiger partial charge in [-0.1, -0.05) is 27.7 Å². The Bertz CT molecular complexity index is 1420. The third-order valence-corrected chi connectivity index (χ3v) is 9.71. The number of guanidine groups is 1. The molecule has 0 bridgehead atoms. The monoisotopic (exact) mass is 881 g/mol. The number of aliphatic hydroxyl groups is 1. The average Bonchev–Trinajstić information content (AvgIpc) is 3.15. The molecule has 0 aliphatic rings. The van der Waals surface area contributed by atoms with Gasteiger partial charge in [0.2, 0.25) is 41.4 Å². The van der Waals surface area contributed by atoms with E-state index < -0.39 is 108 Å². The summed E-state index contributed by atoms with van der Waals surface area (Å²) in [6.07, 6.45) is 2.24. The fourth-order valence-corrected chi connectivity index (χ4v) is 5.88. The highest BCUT2D eigenvalue weighted by molar-refractivity contribution is 7.98. The summed E-state index contributed by atoms with van der Waals surface area (Å²) in [5.74, 6) is -7.35. The third kappa shape index (κ3) is 20.6. The van der Waals surface area contributed by atoms with Crippen LogP contribution in [0.25, 0.3) is 0 Å². The zero-order chi connectivity index (χ0) is 44.7. The van der Waals surface area contributed by atoms with E-state index in [1.54, 1.807) is 27.7 Å². The van der Waals surface area contributed by atoms with Crippen LogP contribution in [0, 0.1) is 11.8 Å². The number of thioether (sulfide) groups is 1. The number of nitrogens with two attached hydrogens (primary N) is 3. The third-order valence-electron chi connectivity index (χ3n) is 8.31. The quantitative estimate of drug-likeness (QED) is 0.0155. The molecule has 0 saturated carbocycles. The van der Waals surface area contributed by atoms with E-state index in [2.05, 4.69) is 67.5 Å². The summed E-state index contributed by atoms with van der Waals surface area (Å²) < 4.78 is 0. The summed E-state index contributed by atoms with van der Waals surface area (Å²) in [5, 5.41) is 36.8. The van der Waals surface area contributed by atoms with Crippen molar-refractivity contribution < 1.29 is 48.6 Å². The summed E-state index contributed by atoms with van der Waals surface area (Å²) in [6, 6.07) is -9.94. The molecule has 332 valence electrons. The Labute approximate surface area is 354 Å². The molecular weight excluding hydrogens is 819 g/mol. The van der Waals surface area contributed by atoms with Gasteiger partial charge in [-0.3, -0.25) is 38.6 Å². The summed E-state index contributed by atoms with van der Waals surface area (Å²) in [7, 11) is 0. The van der Waals surface area contributed by atoms with Gasteiger partial charge in [-0.05, 0) is 56.5 Å². The molecule has 0 aromatic heterocycles. The van der Waals surface area contributed by atoms with Crippen molar-refractivity contribution in [3.05, 3.63) is 0 Å². The molecule has 8 atom stereocenters. The Morgan fingerprint density at radius 1 is 0.655 bits per heavy atom. The number of amides is 7. The van der Waals surface area contributed by atoms with E-state index in [1.807, 2.05) is 6.26 Å². The number of carboxylic acids is 1. The first-order valence-corrected chi connectivity index (χ1v) is 21.3. The zero-order valence-corrected chi connectivity index (χ0v) is 36.4. The van der Waals surface area contributed by atoms with Crippen LogP contribution in [0.2, 0.25) is 0 Å². The molecule has 21 nitrogen and oxygen atoms in total. The van der Waals surface area contributed by atoms with Crippen LogP contribution in [-0.4, -0.2) is 148 Å². The number of rotatable bonds is 28. The number of carboxylic acid groups (broad SMARTS) is 1. The average molecular weight is 882 g/mol. The number of aliphatic hydroxyl groups excluding tert-OH is 1. The molecule has 0 unspecified atom stereocenters. The Balaban J connectivity index is 6.10. The van der Waals surface area contributed by atoms with Crippen molar-refractivity contribution in [3.8, 4) is 0 Å². The largest absolute Gasteiger partial charge is 0.480 e. The minimum absolute atomic E-state index is 0.0345. The van der Waals surface area contributed by atoms with Gasteiger partial charge in [-0.25, -0.2) is 4.79 Å². The van der Waals surface area contributed by atoms with Gasteiger partial charge in [-0.15, -0.1) is 0 Å². The normalized spacial score (nSPS) is 15.2. The molecule has 0 aliphatic heterocycles. The van der Waals surface area contributed by atoms with Crippen LogP contribution in [0.1, 0.15) is 60.3 Å². The number of aliphatic carboxylic acids is 1. The maximum atomic E-state index is 13.5. The predicted molar refractivity (Wildman–Crippen MR) is 227 cm³/mol. The number of thiol groups is 2. The molecule has 0 rings (SSSR count). The molecule has 0 aromatic carbocycles. The molecule has 0 radical (unpaired) electrons. The highest BCUT2D eigenvalue weighted by atomic mass is 32.2. The Morgan fingerprint density at radius 2 is 1.16 bits per heavy atom. The molecule has 0 aromatic rings. The van der Waals surface area contributed by atoms with Crippen LogP contribution in [0.4, 0.5) is 0 Å². The predicted octanol–water partition coefficient (Wildman–Crippen LogP) is -3.83. The zero-order valence-electron chi connectivity index (χ0n) is 33.8. The molecule has 0 spiro atoms. The minimum Gasteiger partial charge on any atom is -0.480 e. The first-order chi connectivity index (χ1) is 27.1. The number of aliphatic imine (C=N–C) groups is 1. The van der Waals surface area contributed by atoms with Gasteiger partial charge in [0, 0.05) is 18.1 Å². The van der Waals surface area contributed by atoms with E-state index in [1.165, 1.54) is 18.7 Å². The van der Waals surface area contributed by atoms with Crippen molar-refractivity contribution in [1.29, 1.82) is 0 Å². The lowest BCUT2D eigenvalue weighted by Crippen LogP contribution is -2.61. The second-order valence-electron chi connectivity index (χ2n) is 14.1. The van der Waals surface area contributed by atoms with E-state index in [0.29, 0.717) is 5.75 Å². The van der Waals surface area contributed by atoms with Crippen molar-refractivity contribution in [2.24, 2.45) is 34.0 Å². The van der Waals surface area contributed by atoms with Crippen LogP contribution >= 0.6 is 37.0 Å². The van der Waals surface area contributed by atoms with Gasteiger partial charge in [0.25, 0.3) is 0 Å². The van der Waals surface area contributed by atoms with Crippen LogP contribution in [-0.2, 0) is 38.4 Å². The first-order valence-electron chi connectivity index (χ1n) is 18.6. The molecular formula is C34H63N11O10S3. The maximum absolute atomic E-state index is 13.5. The van der Waals surface area contributed by atoms with Crippen molar-refractivity contribution in [3.63, 3.8) is 0 Å². The van der Waals surface area contributed by atoms with Crippen molar-refractivity contribution in [2.75, 3.05) is 36.7 Å². The van der Waals surface area contributed by atoms with E-state index in [0.717, 1.165) is 0 Å². The summed E-state index contributed by atoms with van der Waals surface area (Å²) in [4.78, 5) is 108. The van der Waals surface area contributed by atoms with Gasteiger partial charge in [0.1, 0.15) is 42.3 Å². The minimum atomic E-state index is -1.61. The lowest BCUT2D eigenvalue weighted by atomic mass is 10.0. The molecule has 58 heavy (non-hydrogen) atoms. The van der Waals surface area contributed by atoms with Gasteiger partial charge >= 0.3 is 5.97 Å². The van der Waals surface area contributed by atoms with Crippen LogP contribution < -0.4 is 54.4 Å². The van der Waals surface area contributed by atoms with Gasteiger partial charge in [0.15, 0.2) is 5.96 Å². The molecule has 24 heteroatoms. The maximum Gasteiger partial charge on any atom is 0.327 e. The Hall–Kier alpha value is -4.00. The second kappa shape index (κ2) is 28.4. The summed E-state index contributed by atoms with van der Waals surface area (Å²) in [6.45, 7) is 7.29. The van der Waals surface area contributed by atoms with Crippen molar-refractivity contribution in [1.82, 2.24) is 37.2 Å². The first kappa shape index (κ1) is 54.0. The number of hydrogen-bond donors (Lipinski definition) is 14. The molecule has 0 heterocycles. The molecule has 0 saturated heterocycles. The SMILES string of the molecule is CSCC[C@H](NC(=O)[C@@H](N)CS)C(=O)N[C@@H](CC(C)C)C(=O)N[C@@H](CO)C(=O)N[C@@H](CCCN=C(N)N)C(=O)N[C@@H](C)C(=O)N[C@H](C(=O)N[C@@H](CS)C(=O)O)C(C)C. The van der Waals surface area contributed by atoms with Gasteiger partial charge in [-0.2, -0.15) is 37.0 Å². The van der Waals surface area contributed by atoms with E-state index in [-0.39, 0.29) is 55.6 Å². The van der Waals surface area contributed by atoms with E-state index in [4.69, 9.17) is 17.2 Å². The van der Waals surface area contributed by atoms with Gasteiger partial charge in [0.05, 0.1) is 12.6 Å². The summed E-state index contributed by atoms with van der Waals surface area (Å²) in [5.41, 5.74) is 16.6. The Morgan fingerprint density at radius 3 is 1.66 bits per heavy atom. The highest BCUT2D eigenvalue weighted by Gasteiger charge is 2.34. The number of carbonyl (C=O) groups is 8. The van der Waals surface area contributed by atoms with Crippen LogP contribution in [0.3, 0.4) is 0 Å². The Kier molecular flexibility index (Phi) is 26.5. The standard InChI is InChI=1S/C34H63N11O10S3/c1-16(2)12-22(42-29(50)21(9-11-58-6)40-27(48)19(35)14-56)30(51)43-23(13-46)31(52)41-20(8-7-10-38-34(36)37)28(49)39-18(5)26(47)45-25(17(3)4)32(53)44-24(15-57)33(54)55/h16-25,46,56-57H,7-15,35H2,1-6H3,(H,39,49)(H,40,48)(H,41,52)(H,42,50)(H,43,51)(H,44,53)(H,45,47)(H,54,55)(H4,36,37,38)/t18-,19-,20-,21-,22-,23-,24-,25-/m0/s1. The smallest absolute Gasteiger partial charge is 0.327 e. The fraction of sp³-hybridized carbons (Fsp3) is 0.735. The number of carbonyl (C=O) groups excluding carboxylic acids is 7. The van der Waals surface area contributed by atoms with E-state index >= 15 is 0 Å². The molecule has 0 aliphatic carbocycles. The number of nitrogens with zero attached hydrogens (tertiary/aromatic N) is 1. The molecule has 15 N–H and O–H groups in total. The van der Waals surface area contributed by atoms with Crippen LogP contribution in [0.15, 0.2) is 4.99 Å². The summed E-state index contributed by atoms with van der Waals surface area (Å²) >= 11 is 9.38. The fourth-order valence-electron chi connectivity index (χ4n) is 4.99. The van der Waals surface area contributed by atoms with Crippen LogP contribution in [0.5, 0.6) is 0 Å². The van der Waals surface area contributed by atoms with E-state index in [9.17, 15) is 48.6 Å². The highest BCUT2D eigenvalue weighted by Crippen LogP contribution is 2.09. The topological polar surface area (TPSA) is 352 Å². The van der Waals surface area contributed by atoms with Gasteiger partial charge < -0.3 is 64.6 Å². The van der Waals surface area contributed by atoms with Crippen molar-refractivity contribution in [2.45, 2.75) is 109 Å². The lowest BCUT2D eigenvalue weighted by Gasteiger charge is -2.27. The lowest BCUT2D eigenvalue weighted by molar-refractivity contribution is -0.142. The van der Waals surface area contributed by atoms with Crippen molar-refractivity contribution >= 4 is 90.3 Å².